The van der Waals surface area contributed by atoms with Gasteiger partial charge in [0.15, 0.2) is 0 Å². The molecule has 2 fully saturated rings. The first-order chi connectivity index (χ1) is 28.9. The molecule has 2 amide bonds. The Labute approximate surface area is 424 Å². The standard InChI is InChI=1S/2C21H24Cl2N2O2.B7.ClH.HI/c2*1-25(2,18-9-11-27-12-10-18)14-15-3-6-17(7-4-15)24-21(26)16-5-8-19(22)20(23)13-16;1-5-7(4)6(2)3;;/h2*3-8,13,18H,9-12,14H2,1-2H3;;2*1H. The summed E-state index contributed by atoms with van der Waals surface area (Å²) in [5, 5.41) is 7.40. The van der Waals surface area contributed by atoms with E-state index < -0.39 is 6.39 Å². The number of nitrogens with one attached hydrogen (secondary N) is 2. The number of rotatable bonds is 12. The molecule has 0 bridgehead atoms. The molecule has 0 unspecified atom stereocenters. The van der Waals surface area contributed by atoms with E-state index in [9.17, 15) is 9.59 Å². The van der Waals surface area contributed by atoms with Crippen molar-refractivity contribution in [2.75, 3.05) is 65.3 Å². The molecule has 0 aliphatic carbocycles. The van der Waals surface area contributed by atoms with Crippen molar-refractivity contribution in [3.8, 4) is 0 Å². The number of nitrogens with zero attached hydrogens (tertiary/aromatic N) is 2. The van der Waals surface area contributed by atoms with Gasteiger partial charge in [0.05, 0.1) is 86.8 Å². The fraction of sp³-hybridized carbons (Fsp3) is 0.381. The molecule has 21 heteroatoms. The van der Waals surface area contributed by atoms with E-state index >= 15 is 0 Å². The van der Waals surface area contributed by atoms with Gasteiger partial charge in [-0.05, 0) is 60.7 Å². The molecule has 6 rings (SSSR count). The summed E-state index contributed by atoms with van der Waals surface area (Å²) in [6, 6.07) is 27.0. The fourth-order valence-electron chi connectivity index (χ4n) is 7.16. The summed E-state index contributed by atoms with van der Waals surface area (Å²) in [5.74, 6) is -0.417. The van der Waals surface area contributed by atoms with Gasteiger partial charge in [-0.2, -0.15) is 0 Å². The summed E-state index contributed by atoms with van der Waals surface area (Å²) in [5.41, 5.74) is 4.96. The van der Waals surface area contributed by atoms with Crippen molar-refractivity contribution in [2.24, 2.45) is 0 Å². The maximum absolute atomic E-state index is 12.4. The first-order valence-electron chi connectivity index (χ1n) is 20.2. The van der Waals surface area contributed by atoms with E-state index in [1.54, 1.807) is 36.4 Å². The van der Waals surface area contributed by atoms with Crippen LogP contribution in [0.2, 0.25) is 20.1 Å². The van der Waals surface area contributed by atoms with Gasteiger partial charge in [-0.1, -0.05) is 70.7 Å². The van der Waals surface area contributed by atoms with Gasteiger partial charge in [0.1, 0.15) is 13.1 Å². The third-order valence-corrected chi connectivity index (χ3v) is 12.5. The Morgan fingerprint density at radius 1 is 0.619 bits per heavy atom. The van der Waals surface area contributed by atoms with E-state index in [-0.39, 0.29) is 54.6 Å². The maximum atomic E-state index is 12.4. The molecule has 63 heavy (non-hydrogen) atoms. The van der Waals surface area contributed by atoms with Crippen LogP contribution in [0.3, 0.4) is 0 Å². The molecular formula is C42H50B7Cl5IN4O4. The Bertz CT molecular complexity index is 1900. The first-order valence-corrected chi connectivity index (χ1v) is 21.7. The van der Waals surface area contributed by atoms with Crippen molar-refractivity contribution in [1.29, 1.82) is 0 Å². The Balaban J connectivity index is 0.000000367. The number of amides is 2. The minimum atomic E-state index is -0.537. The van der Waals surface area contributed by atoms with Crippen molar-refractivity contribution in [3.63, 3.8) is 0 Å². The highest BCUT2D eigenvalue weighted by atomic mass is 127. The maximum Gasteiger partial charge on any atom is 0.255 e. The largest absolute Gasteiger partial charge is 1.00 e. The van der Waals surface area contributed by atoms with Gasteiger partial charge >= 0.3 is 0 Å². The summed E-state index contributed by atoms with van der Waals surface area (Å²) >= 11 is 23.8. The Morgan fingerprint density at radius 2 is 0.952 bits per heavy atom. The Kier molecular flexibility index (Phi) is 25.4. The lowest BCUT2D eigenvalue weighted by Crippen LogP contribution is -3.00. The Hall–Kier alpha value is -1.71. The first kappa shape index (κ1) is 57.4. The van der Waals surface area contributed by atoms with Gasteiger partial charge in [0.25, 0.3) is 11.8 Å². The highest BCUT2D eigenvalue weighted by Gasteiger charge is 2.31. The summed E-state index contributed by atoms with van der Waals surface area (Å²) in [6.07, 6.45) is 3.48. The average Bonchev–Trinajstić information content (AvgIpc) is 3.24. The Morgan fingerprint density at radius 3 is 1.22 bits per heavy atom. The zero-order valence-electron chi connectivity index (χ0n) is 36.1. The quantitative estimate of drug-likeness (QED) is 0.128. The van der Waals surface area contributed by atoms with Crippen molar-refractivity contribution in [3.05, 3.63) is 127 Å². The molecule has 325 valence electrons. The molecule has 2 aliphatic heterocycles. The molecule has 4 aromatic carbocycles. The number of carbonyl (C=O) groups excluding carboxylic acids is 2. The van der Waals surface area contributed by atoms with Crippen molar-refractivity contribution < 1.29 is 64.4 Å². The number of halogens is 6. The molecular weight excluding hydrogens is 1000 g/mol. The minimum absolute atomic E-state index is 0. The molecule has 2 aliphatic rings. The van der Waals surface area contributed by atoms with E-state index in [4.69, 9.17) is 86.8 Å². The summed E-state index contributed by atoms with van der Waals surface area (Å²) in [6.45, 7) is 5.31. The second-order valence-electron chi connectivity index (χ2n) is 16.5. The summed E-state index contributed by atoms with van der Waals surface area (Å²) < 4.78 is 12.9. The van der Waals surface area contributed by atoms with Crippen LogP contribution in [0, 0.1) is 0 Å². The zero-order valence-corrected chi connectivity index (χ0v) is 42.1. The van der Waals surface area contributed by atoms with Gasteiger partial charge in [0.2, 0.25) is 0 Å². The molecule has 2 N–H and O–H groups in total. The van der Waals surface area contributed by atoms with Crippen LogP contribution in [-0.2, 0) is 22.6 Å². The predicted molar refractivity (Wildman–Crippen MR) is 261 cm³/mol. The van der Waals surface area contributed by atoms with E-state index in [0.29, 0.717) is 43.3 Å². The van der Waals surface area contributed by atoms with E-state index in [1.807, 2.05) is 24.3 Å². The average molecular weight is 1050 g/mol. The second-order valence-corrected chi connectivity index (χ2v) is 18.1. The van der Waals surface area contributed by atoms with Crippen LogP contribution in [0.25, 0.3) is 0 Å². The molecule has 0 spiro atoms. The molecule has 2 saturated heterocycles. The fourth-order valence-corrected chi connectivity index (χ4v) is 7.76. The van der Waals surface area contributed by atoms with Gasteiger partial charge in [-0.25, -0.2) is 0 Å². The van der Waals surface area contributed by atoms with Crippen LogP contribution >= 0.6 is 46.4 Å². The van der Waals surface area contributed by atoms with Gasteiger partial charge < -0.3 is 65.5 Å². The van der Waals surface area contributed by atoms with Gasteiger partial charge in [-0.3, -0.25) is 9.59 Å². The monoisotopic (exact) mass is 1050 g/mol. The molecule has 2 heterocycles. The topological polar surface area (TPSA) is 76.7 Å². The molecule has 0 aromatic heterocycles. The number of anilines is 2. The van der Waals surface area contributed by atoms with E-state index in [0.717, 1.165) is 85.5 Å². The number of ether oxygens (including phenoxy) is 2. The molecule has 0 saturated carbocycles. The number of hydrogen-bond acceptors (Lipinski definition) is 4. The number of quaternary nitrogens is 2. The third-order valence-electron chi connectivity index (χ3n) is 11.0. The molecule has 9 radical (unpaired) electrons. The number of benzene rings is 4. The van der Waals surface area contributed by atoms with E-state index in [2.05, 4.69) is 63.1 Å². The van der Waals surface area contributed by atoms with Gasteiger partial charge in [0, 0.05) is 110 Å². The molecule has 4 aromatic rings. The third kappa shape index (κ3) is 18.8. The SMILES string of the molecule is C[N+](C)(Cc1ccc(NC(=O)c2ccc(Cl)c(Cl)c2)cc1)C1CCOCC1.C[N+](C)(Cc1ccc(NC(=O)c2ccc(Cl)c(Cl)c2)cc1)C1CCOCC1.[B][B]B([B])B([B])[B].[Cl-].[I-]. The van der Waals surface area contributed by atoms with Crippen molar-refractivity contribution >= 4 is 120 Å². The predicted octanol–water partition coefficient (Wildman–Crippen LogP) is 1.34. The minimum Gasteiger partial charge on any atom is -1.00 e. The van der Waals surface area contributed by atoms with Crippen LogP contribution < -0.4 is 47.0 Å². The van der Waals surface area contributed by atoms with Crippen LogP contribution in [-0.4, -0.2) is 138 Å². The van der Waals surface area contributed by atoms with Crippen LogP contribution in [0.4, 0.5) is 11.4 Å². The normalized spacial score (nSPS) is 14.2. The molecule has 0 atom stereocenters. The second kappa shape index (κ2) is 27.8. The van der Waals surface area contributed by atoms with Crippen LogP contribution in [0.15, 0.2) is 84.9 Å². The number of hydrogen-bond donors (Lipinski definition) is 2. The lowest BCUT2D eigenvalue weighted by Gasteiger charge is -2.40. The van der Waals surface area contributed by atoms with Gasteiger partial charge in [-0.15, -0.1) is 0 Å². The summed E-state index contributed by atoms with van der Waals surface area (Å²) in [7, 11) is 30.7. The lowest BCUT2D eigenvalue weighted by atomic mass is 8.76. The van der Waals surface area contributed by atoms with Crippen LogP contribution in [0.5, 0.6) is 0 Å². The highest BCUT2D eigenvalue weighted by molar-refractivity contribution is 7.81. The highest BCUT2D eigenvalue weighted by Crippen LogP contribution is 2.27. The van der Waals surface area contributed by atoms with Crippen molar-refractivity contribution in [1.82, 2.24) is 0 Å². The zero-order chi connectivity index (χ0) is 44.7. The lowest BCUT2D eigenvalue weighted by molar-refractivity contribution is -0.929. The van der Waals surface area contributed by atoms with Crippen LogP contribution in [0.1, 0.15) is 57.5 Å². The van der Waals surface area contributed by atoms with E-state index in [1.165, 1.54) is 18.2 Å². The summed E-state index contributed by atoms with van der Waals surface area (Å²) in [4.78, 5) is 24.7. The molecule has 8 nitrogen and oxygen atoms in total. The smallest absolute Gasteiger partial charge is 0.255 e. The number of carbonyl (C=O) groups is 2. The van der Waals surface area contributed by atoms with Crippen molar-refractivity contribution in [2.45, 2.75) is 50.9 Å².